The normalized spacial score (nSPS) is 16.9. The van der Waals surface area contributed by atoms with Gasteiger partial charge in [0.15, 0.2) is 0 Å². The molecule has 1 saturated heterocycles. The molecule has 1 aromatic carbocycles. The molecule has 1 aliphatic heterocycles. The van der Waals surface area contributed by atoms with Crippen LogP contribution in [0, 0.1) is 5.92 Å². The van der Waals surface area contributed by atoms with Crippen LogP contribution in [0.15, 0.2) is 24.3 Å². The molecular formula is C18H27NO2. The van der Waals surface area contributed by atoms with Crippen molar-refractivity contribution in [3.63, 3.8) is 0 Å². The molecule has 0 aliphatic carbocycles. The highest BCUT2D eigenvalue weighted by molar-refractivity contribution is 5.75. The van der Waals surface area contributed by atoms with Gasteiger partial charge in [-0.25, -0.2) is 0 Å². The fourth-order valence-electron chi connectivity index (χ4n) is 2.65. The van der Waals surface area contributed by atoms with E-state index in [9.17, 15) is 4.79 Å². The second kappa shape index (κ2) is 8.18. The van der Waals surface area contributed by atoms with E-state index in [1.165, 1.54) is 31.5 Å². The lowest BCUT2D eigenvalue weighted by Crippen LogP contribution is -2.35. The Morgan fingerprint density at radius 3 is 2.52 bits per heavy atom. The van der Waals surface area contributed by atoms with E-state index >= 15 is 0 Å². The van der Waals surface area contributed by atoms with Crippen molar-refractivity contribution in [3.8, 4) is 5.75 Å². The van der Waals surface area contributed by atoms with Crippen molar-refractivity contribution < 1.29 is 9.53 Å². The molecule has 1 heterocycles. The molecule has 0 atom stereocenters. The minimum Gasteiger partial charge on any atom is -0.492 e. The van der Waals surface area contributed by atoms with Crippen LogP contribution in [0.2, 0.25) is 0 Å². The predicted octanol–water partition coefficient (Wildman–Crippen LogP) is 3.32. The van der Waals surface area contributed by atoms with Crippen molar-refractivity contribution in [2.24, 2.45) is 5.92 Å². The fourth-order valence-corrected chi connectivity index (χ4v) is 2.65. The number of likely N-dealkylation sites (tertiary alicyclic amines) is 1. The third kappa shape index (κ3) is 5.88. The molecule has 2 rings (SSSR count). The van der Waals surface area contributed by atoms with Crippen LogP contribution in [0.4, 0.5) is 0 Å². The lowest BCUT2D eigenvalue weighted by atomic mass is 9.99. The van der Waals surface area contributed by atoms with Crippen LogP contribution < -0.4 is 4.74 Å². The van der Waals surface area contributed by atoms with Crippen LogP contribution in [0.5, 0.6) is 5.75 Å². The number of carbonyl (C=O) groups is 1. The number of aryl methyl sites for hydroxylation is 1. The van der Waals surface area contributed by atoms with Gasteiger partial charge in [0.25, 0.3) is 0 Å². The van der Waals surface area contributed by atoms with Crippen molar-refractivity contribution >= 4 is 5.78 Å². The van der Waals surface area contributed by atoms with Crippen molar-refractivity contribution in [2.45, 2.75) is 39.5 Å². The van der Waals surface area contributed by atoms with Gasteiger partial charge in [0.05, 0.1) is 0 Å². The van der Waals surface area contributed by atoms with E-state index in [0.717, 1.165) is 31.2 Å². The van der Waals surface area contributed by atoms with Gasteiger partial charge >= 0.3 is 0 Å². The van der Waals surface area contributed by atoms with E-state index < -0.39 is 0 Å². The molecule has 1 aromatic rings. The summed E-state index contributed by atoms with van der Waals surface area (Å²) in [5.41, 5.74) is 1.20. The standard InChI is InChI=1S/C18H27NO2/c1-15-9-11-19(12-10-15)13-14-21-18-7-5-17(6-8-18)4-3-16(2)20/h5-8,15H,3-4,9-14H2,1-2H3. The summed E-state index contributed by atoms with van der Waals surface area (Å²) in [4.78, 5) is 13.5. The zero-order valence-corrected chi connectivity index (χ0v) is 13.3. The highest BCUT2D eigenvalue weighted by Gasteiger charge is 2.14. The maximum Gasteiger partial charge on any atom is 0.130 e. The number of carbonyl (C=O) groups excluding carboxylic acids is 1. The summed E-state index contributed by atoms with van der Waals surface area (Å²) >= 11 is 0. The van der Waals surface area contributed by atoms with E-state index in [4.69, 9.17) is 4.74 Å². The average molecular weight is 289 g/mol. The summed E-state index contributed by atoms with van der Waals surface area (Å²) in [5, 5.41) is 0. The number of benzene rings is 1. The van der Waals surface area contributed by atoms with E-state index in [-0.39, 0.29) is 5.78 Å². The summed E-state index contributed by atoms with van der Waals surface area (Å²) in [6.07, 6.45) is 4.06. The molecule has 0 aromatic heterocycles. The summed E-state index contributed by atoms with van der Waals surface area (Å²) in [6.45, 7) is 8.14. The topological polar surface area (TPSA) is 29.5 Å². The van der Waals surface area contributed by atoms with Crippen molar-refractivity contribution in [1.29, 1.82) is 0 Å². The largest absolute Gasteiger partial charge is 0.492 e. The number of hydrogen-bond donors (Lipinski definition) is 0. The summed E-state index contributed by atoms with van der Waals surface area (Å²) in [5.74, 6) is 2.04. The molecule has 0 amide bonds. The first-order valence-electron chi connectivity index (χ1n) is 8.07. The van der Waals surface area contributed by atoms with Crippen molar-refractivity contribution in [2.75, 3.05) is 26.2 Å². The molecule has 0 radical (unpaired) electrons. The Labute approximate surface area is 128 Å². The molecular weight excluding hydrogens is 262 g/mol. The first-order valence-corrected chi connectivity index (χ1v) is 8.07. The molecule has 0 spiro atoms. The van der Waals surface area contributed by atoms with Crippen LogP contribution >= 0.6 is 0 Å². The Morgan fingerprint density at radius 1 is 1.24 bits per heavy atom. The minimum atomic E-state index is 0.242. The molecule has 21 heavy (non-hydrogen) atoms. The zero-order chi connectivity index (χ0) is 15.1. The number of ether oxygens (including phenoxy) is 1. The number of nitrogens with zero attached hydrogens (tertiary/aromatic N) is 1. The molecule has 3 nitrogen and oxygen atoms in total. The van der Waals surface area contributed by atoms with Gasteiger partial charge in [-0.1, -0.05) is 19.1 Å². The highest BCUT2D eigenvalue weighted by atomic mass is 16.5. The first-order chi connectivity index (χ1) is 10.1. The van der Waals surface area contributed by atoms with Gasteiger partial charge < -0.3 is 9.53 Å². The maximum absolute atomic E-state index is 11.0. The number of Topliss-reactive ketones (excluding diaryl/α,β-unsaturated/α-hetero) is 1. The van der Waals surface area contributed by atoms with E-state index in [2.05, 4.69) is 24.0 Å². The Morgan fingerprint density at radius 2 is 1.90 bits per heavy atom. The van der Waals surface area contributed by atoms with Crippen molar-refractivity contribution in [3.05, 3.63) is 29.8 Å². The fraction of sp³-hybridized carbons (Fsp3) is 0.611. The Kier molecular flexibility index (Phi) is 6.24. The van der Waals surface area contributed by atoms with E-state index in [1.54, 1.807) is 6.92 Å². The number of ketones is 1. The number of hydrogen-bond acceptors (Lipinski definition) is 3. The van der Waals surface area contributed by atoms with Crippen LogP contribution in [-0.4, -0.2) is 36.9 Å². The highest BCUT2D eigenvalue weighted by Crippen LogP contribution is 2.16. The van der Waals surface area contributed by atoms with Crippen LogP contribution in [0.25, 0.3) is 0 Å². The van der Waals surface area contributed by atoms with E-state index in [1.807, 2.05) is 12.1 Å². The lowest BCUT2D eigenvalue weighted by Gasteiger charge is -2.29. The van der Waals surface area contributed by atoms with Gasteiger partial charge in [0.2, 0.25) is 0 Å². The zero-order valence-electron chi connectivity index (χ0n) is 13.3. The SMILES string of the molecule is CC(=O)CCc1ccc(OCCN2CCC(C)CC2)cc1. The smallest absolute Gasteiger partial charge is 0.130 e. The van der Waals surface area contributed by atoms with Gasteiger partial charge in [0.1, 0.15) is 18.1 Å². The second-order valence-corrected chi connectivity index (χ2v) is 6.22. The number of rotatable bonds is 7. The van der Waals surface area contributed by atoms with Crippen LogP contribution in [-0.2, 0) is 11.2 Å². The molecule has 0 saturated carbocycles. The van der Waals surface area contributed by atoms with Crippen LogP contribution in [0.1, 0.15) is 38.7 Å². The van der Waals surface area contributed by atoms with E-state index in [0.29, 0.717) is 6.42 Å². The molecule has 3 heteroatoms. The van der Waals surface area contributed by atoms with Gasteiger partial charge in [-0.05, 0) is 62.9 Å². The second-order valence-electron chi connectivity index (χ2n) is 6.22. The Hall–Kier alpha value is -1.35. The predicted molar refractivity (Wildman–Crippen MR) is 85.8 cm³/mol. The average Bonchev–Trinajstić information content (AvgIpc) is 2.48. The lowest BCUT2D eigenvalue weighted by molar-refractivity contribution is -0.116. The molecule has 0 bridgehead atoms. The molecule has 0 N–H and O–H groups in total. The van der Waals surface area contributed by atoms with Crippen LogP contribution in [0.3, 0.4) is 0 Å². The maximum atomic E-state index is 11.0. The van der Waals surface area contributed by atoms with Crippen molar-refractivity contribution in [1.82, 2.24) is 4.90 Å². The van der Waals surface area contributed by atoms with Gasteiger partial charge in [-0.3, -0.25) is 4.90 Å². The summed E-state index contributed by atoms with van der Waals surface area (Å²) < 4.78 is 5.81. The summed E-state index contributed by atoms with van der Waals surface area (Å²) in [7, 11) is 0. The third-order valence-electron chi connectivity index (χ3n) is 4.24. The molecule has 116 valence electrons. The summed E-state index contributed by atoms with van der Waals surface area (Å²) in [6, 6.07) is 8.13. The third-order valence-corrected chi connectivity index (χ3v) is 4.24. The minimum absolute atomic E-state index is 0.242. The monoisotopic (exact) mass is 289 g/mol. The Bertz CT molecular complexity index is 433. The number of piperidine rings is 1. The molecule has 1 fully saturated rings. The molecule has 1 aliphatic rings. The van der Waals surface area contributed by atoms with Gasteiger partial charge in [0, 0.05) is 13.0 Å². The Balaban J connectivity index is 1.67. The first kappa shape index (κ1) is 16.0. The molecule has 0 unspecified atom stereocenters. The van der Waals surface area contributed by atoms with Gasteiger partial charge in [-0.2, -0.15) is 0 Å². The quantitative estimate of drug-likeness (QED) is 0.771. The van der Waals surface area contributed by atoms with Gasteiger partial charge in [-0.15, -0.1) is 0 Å².